The molecule has 48 valence electrons. The molecule has 0 fully saturated rings. The van der Waals surface area contributed by atoms with Crippen molar-refractivity contribution in [3.63, 3.8) is 0 Å². The second-order valence-corrected chi connectivity index (χ2v) is 3.04. The van der Waals surface area contributed by atoms with Crippen molar-refractivity contribution >= 4 is 7.60 Å². The van der Waals surface area contributed by atoms with Gasteiger partial charge in [0, 0.05) is 0 Å². The van der Waals surface area contributed by atoms with Gasteiger partial charge in [-0.25, -0.2) is 4.57 Å². The second-order valence-electron chi connectivity index (χ2n) is 1.14. The lowest BCUT2D eigenvalue weighted by atomic mass is 11.6. The van der Waals surface area contributed by atoms with Crippen LogP contribution in [-0.4, -0.2) is 6.66 Å². The molecular formula is C3H3N2O3P. The molecule has 0 bridgehead atoms. The molecule has 0 aromatic rings. The van der Waals surface area contributed by atoms with E-state index in [1.54, 1.807) is 0 Å². The lowest BCUT2D eigenvalue weighted by molar-refractivity contribution is 0.354. The summed E-state index contributed by atoms with van der Waals surface area (Å²) in [6.07, 6.45) is 2.31. The first-order chi connectivity index (χ1) is 4.12. The van der Waals surface area contributed by atoms with Gasteiger partial charge in [-0.3, -0.25) is 0 Å². The SMILES string of the molecule is CP(=O)(OC#N)OC#N. The molecule has 5 nitrogen and oxygen atoms in total. The first kappa shape index (κ1) is 7.81. The summed E-state index contributed by atoms with van der Waals surface area (Å²) >= 11 is 0. The minimum Gasteiger partial charge on any atom is -0.340 e. The van der Waals surface area contributed by atoms with Gasteiger partial charge in [0.1, 0.15) is 0 Å². The fourth-order valence-corrected chi connectivity index (χ4v) is 0.501. The Morgan fingerprint density at radius 1 is 1.33 bits per heavy atom. The molecule has 0 aliphatic rings. The van der Waals surface area contributed by atoms with Gasteiger partial charge in [-0.15, -0.1) is 10.5 Å². The van der Waals surface area contributed by atoms with Crippen LogP contribution < -0.4 is 0 Å². The molecule has 0 aromatic heterocycles. The Bertz CT molecular complexity index is 192. The smallest absolute Gasteiger partial charge is 0.340 e. The van der Waals surface area contributed by atoms with E-state index in [0.29, 0.717) is 0 Å². The van der Waals surface area contributed by atoms with Crippen LogP contribution in [0.5, 0.6) is 0 Å². The van der Waals surface area contributed by atoms with Crippen LogP contribution in [0.25, 0.3) is 0 Å². The van der Waals surface area contributed by atoms with Crippen LogP contribution in [0.15, 0.2) is 0 Å². The van der Waals surface area contributed by atoms with Gasteiger partial charge in [0.25, 0.3) is 12.5 Å². The molecule has 0 aromatic carbocycles. The maximum absolute atomic E-state index is 10.5. The van der Waals surface area contributed by atoms with E-state index in [2.05, 4.69) is 9.05 Å². The molecule has 0 radical (unpaired) electrons. The lowest BCUT2D eigenvalue weighted by Gasteiger charge is -2.00. The van der Waals surface area contributed by atoms with E-state index < -0.39 is 7.60 Å². The molecule has 0 unspecified atom stereocenters. The number of nitrogens with zero attached hydrogens (tertiary/aromatic N) is 2. The quantitative estimate of drug-likeness (QED) is 0.425. The minimum atomic E-state index is -3.41. The lowest BCUT2D eigenvalue weighted by Crippen LogP contribution is -1.81. The summed E-state index contributed by atoms with van der Waals surface area (Å²) in [5, 5.41) is 15.6. The summed E-state index contributed by atoms with van der Waals surface area (Å²) in [5.74, 6) is 0. The molecule has 0 rings (SSSR count). The Kier molecular flexibility index (Phi) is 2.57. The van der Waals surface area contributed by atoms with E-state index in [4.69, 9.17) is 10.5 Å². The van der Waals surface area contributed by atoms with Crippen LogP contribution in [-0.2, 0) is 13.6 Å². The predicted molar refractivity (Wildman–Crippen MR) is 26.9 cm³/mol. The van der Waals surface area contributed by atoms with Crippen molar-refractivity contribution in [2.45, 2.75) is 0 Å². The molecule has 0 saturated heterocycles. The van der Waals surface area contributed by atoms with Crippen LogP contribution in [0, 0.1) is 23.0 Å². The summed E-state index contributed by atoms with van der Waals surface area (Å²) in [6.45, 7) is 1.03. The van der Waals surface area contributed by atoms with E-state index >= 15 is 0 Å². The standard InChI is InChI=1S/C3H3N2O3P/c1-9(6,7-2-4)8-3-5/h1H3. The van der Waals surface area contributed by atoms with E-state index in [0.717, 1.165) is 19.2 Å². The van der Waals surface area contributed by atoms with Crippen molar-refractivity contribution in [3.05, 3.63) is 0 Å². The minimum absolute atomic E-state index is 1.03. The van der Waals surface area contributed by atoms with Crippen molar-refractivity contribution in [1.82, 2.24) is 0 Å². The van der Waals surface area contributed by atoms with E-state index in [1.165, 1.54) is 0 Å². The Morgan fingerprint density at radius 3 is 1.89 bits per heavy atom. The Labute approximate surface area is 51.9 Å². The van der Waals surface area contributed by atoms with Crippen LogP contribution in [0.3, 0.4) is 0 Å². The Balaban J connectivity index is 3.95. The van der Waals surface area contributed by atoms with Crippen molar-refractivity contribution in [3.8, 4) is 12.5 Å². The highest BCUT2D eigenvalue weighted by molar-refractivity contribution is 7.53. The third-order valence-electron chi connectivity index (χ3n) is 0.413. The number of hydrogen-bond donors (Lipinski definition) is 0. The largest absolute Gasteiger partial charge is 0.446 e. The van der Waals surface area contributed by atoms with Crippen LogP contribution in [0.2, 0.25) is 0 Å². The maximum atomic E-state index is 10.5. The predicted octanol–water partition coefficient (Wildman–Crippen LogP) is 0.805. The first-order valence-electron chi connectivity index (χ1n) is 1.85. The third-order valence-corrected chi connectivity index (χ3v) is 1.24. The fourth-order valence-electron chi connectivity index (χ4n) is 0.167. The Morgan fingerprint density at radius 2 is 1.67 bits per heavy atom. The normalized spacial score (nSPS) is 8.78. The van der Waals surface area contributed by atoms with Gasteiger partial charge in [0.05, 0.1) is 6.66 Å². The molecule has 0 atom stereocenters. The summed E-state index contributed by atoms with van der Waals surface area (Å²) in [7, 11) is -3.41. The summed E-state index contributed by atoms with van der Waals surface area (Å²) in [4.78, 5) is 0. The highest BCUT2D eigenvalue weighted by Crippen LogP contribution is 2.42. The van der Waals surface area contributed by atoms with Crippen molar-refractivity contribution in [1.29, 1.82) is 10.5 Å². The molecular weight excluding hydrogens is 143 g/mol. The topological polar surface area (TPSA) is 83.1 Å². The zero-order valence-corrected chi connectivity index (χ0v) is 5.46. The van der Waals surface area contributed by atoms with Crippen molar-refractivity contribution in [2.75, 3.05) is 6.66 Å². The molecule has 0 saturated carbocycles. The maximum Gasteiger partial charge on any atom is 0.446 e. The van der Waals surface area contributed by atoms with Crippen molar-refractivity contribution in [2.24, 2.45) is 0 Å². The number of hydrogen-bond acceptors (Lipinski definition) is 5. The molecule has 0 aliphatic heterocycles. The molecule has 0 heterocycles. The van der Waals surface area contributed by atoms with Crippen LogP contribution >= 0.6 is 7.60 Å². The van der Waals surface area contributed by atoms with E-state index in [1.807, 2.05) is 0 Å². The van der Waals surface area contributed by atoms with E-state index in [-0.39, 0.29) is 0 Å². The zero-order chi connectivity index (χ0) is 7.33. The van der Waals surface area contributed by atoms with Gasteiger partial charge in [0.15, 0.2) is 0 Å². The molecule has 6 heteroatoms. The summed E-state index contributed by atoms with van der Waals surface area (Å²) < 4.78 is 18.3. The second kappa shape index (κ2) is 2.96. The highest BCUT2D eigenvalue weighted by atomic mass is 31.2. The van der Waals surface area contributed by atoms with Gasteiger partial charge >= 0.3 is 7.60 Å². The van der Waals surface area contributed by atoms with Crippen LogP contribution in [0.4, 0.5) is 0 Å². The van der Waals surface area contributed by atoms with Gasteiger partial charge in [0.2, 0.25) is 0 Å². The fraction of sp³-hybridized carbons (Fsp3) is 0.333. The average molecular weight is 146 g/mol. The zero-order valence-electron chi connectivity index (χ0n) is 4.57. The monoisotopic (exact) mass is 146 g/mol. The van der Waals surface area contributed by atoms with Crippen LogP contribution in [0.1, 0.15) is 0 Å². The van der Waals surface area contributed by atoms with E-state index in [9.17, 15) is 4.57 Å². The van der Waals surface area contributed by atoms with Crippen molar-refractivity contribution < 1.29 is 13.6 Å². The molecule has 9 heavy (non-hydrogen) atoms. The average Bonchev–Trinajstić information content (AvgIpc) is 1.64. The van der Waals surface area contributed by atoms with Gasteiger partial charge in [-0.05, 0) is 0 Å². The molecule has 0 spiro atoms. The number of nitriles is 2. The molecule has 0 N–H and O–H groups in total. The number of rotatable bonds is 2. The summed E-state index contributed by atoms with van der Waals surface area (Å²) in [5.41, 5.74) is 0. The summed E-state index contributed by atoms with van der Waals surface area (Å²) in [6, 6.07) is 0. The molecule has 0 amide bonds. The Hall–Kier alpha value is -1.19. The van der Waals surface area contributed by atoms with Gasteiger partial charge in [-0.1, -0.05) is 0 Å². The van der Waals surface area contributed by atoms with Gasteiger partial charge in [-0.2, -0.15) is 0 Å². The third kappa shape index (κ3) is 3.40. The molecule has 0 aliphatic carbocycles. The highest BCUT2D eigenvalue weighted by Gasteiger charge is 2.17. The first-order valence-corrected chi connectivity index (χ1v) is 3.84. The van der Waals surface area contributed by atoms with Gasteiger partial charge < -0.3 is 9.05 Å².